The van der Waals surface area contributed by atoms with Crippen LogP contribution in [0.4, 0.5) is 4.79 Å². The van der Waals surface area contributed by atoms with Gasteiger partial charge in [-0.25, -0.2) is 4.79 Å². The molecule has 6 heteroatoms. The quantitative estimate of drug-likeness (QED) is 0.663. The van der Waals surface area contributed by atoms with Crippen LogP contribution >= 0.6 is 11.3 Å². The lowest BCUT2D eigenvalue weighted by Crippen LogP contribution is -2.40. The molecule has 1 aliphatic heterocycles. The molecule has 0 saturated carbocycles. The molecule has 1 aliphatic rings. The van der Waals surface area contributed by atoms with E-state index in [4.69, 9.17) is 0 Å². The number of rotatable bonds is 5. The highest BCUT2D eigenvalue weighted by molar-refractivity contribution is 7.12. The Morgan fingerprint density at radius 3 is 2.68 bits per heavy atom. The Balaban J connectivity index is 1.85. The average Bonchev–Trinajstić information content (AvgIpc) is 2.91. The van der Waals surface area contributed by atoms with Crippen LogP contribution in [0.3, 0.4) is 0 Å². The Bertz CT molecular complexity index is 508. The predicted octanol–water partition coefficient (Wildman–Crippen LogP) is 2.04. The van der Waals surface area contributed by atoms with Crippen LogP contribution in [-0.4, -0.2) is 34.7 Å². The molecule has 0 bridgehead atoms. The van der Waals surface area contributed by atoms with Gasteiger partial charge in [-0.2, -0.15) is 0 Å². The Labute approximate surface area is 115 Å². The SMILES string of the molecule is CC1(C)NC(=O)N(CCCC(=O)c2cccs2)C1=O. The van der Waals surface area contributed by atoms with Crippen molar-refractivity contribution in [1.29, 1.82) is 0 Å². The number of carbonyl (C=O) groups is 3. The van der Waals surface area contributed by atoms with Gasteiger partial charge in [0.2, 0.25) is 0 Å². The normalized spacial score (nSPS) is 17.7. The second kappa shape index (κ2) is 5.13. The molecule has 2 rings (SSSR count). The van der Waals surface area contributed by atoms with Crippen molar-refractivity contribution in [1.82, 2.24) is 10.2 Å². The lowest BCUT2D eigenvalue weighted by atomic mass is 10.1. The van der Waals surface area contributed by atoms with Crippen molar-refractivity contribution >= 4 is 29.1 Å². The molecular formula is C13H16N2O3S. The van der Waals surface area contributed by atoms with E-state index in [1.165, 1.54) is 16.2 Å². The zero-order chi connectivity index (χ0) is 14.0. The van der Waals surface area contributed by atoms with E-state index in [0.717, 1.165) is 4.88 Å². The van der Waals surface area contributed by atoms with Crippen LogP contribution in [0.25, 0.3) is 0 Å². The van der Waals surface area contributed by atoms with Crippen molar-refractivity contribution in [2.75, 3.05) is 6.54 Å². The monoisotopic (exact) mass is 280 g/mol. The number of nitrogens with zero attached hydrogens (tertiary/aromatic N) is 1. The number of imide groups is 1. The molecule has 0 aromatic carbocycles. The van der Waals surface area contributed by atoms with E-state index in [1.54, 1.807) is 19.9 Å². The van der Waals surface area contributed by atoms with Gasteiger partial charge < -0.3 is 5.32 Å². The highest BCUT2D eigenvalue weighted by atomic mass is 32.1. The Morgan fingerprint density at radius 2 is 2.16 bits per heavy atom. The van der Waals surface area contributed by atoms with Crippen LogP contribution in [0.2, 0.25) is 0 Å². The van der Waals surface area contributed by atoms with Crippen LogP contribution in [0, 0.1) is 0 Å². The van der Waals surface area contributed by atoms with E-state index in [2.05, 4.69) is 5.32 Å². The van der Waals surface area contributed by atoms with Gasteiger partial charge in [-0.3, -0.25) is 14.5 Å². The van der Waals surface area contributed by atoms with Crippen molar-refractivity contribution in [2.45, 2.75) is 32.2 Å². The highest BCUT2D eigenvalue weighted by Gasteiger charge is 2.43. The number of urea groups is 1. The number of carbonyl (C=O) groups excluding carboxylic acids is 3. The summed E-state index contributed by atoms with van der Waals surface area (Å²) in [6.45, 7) is 3.62. The van der Waals surface area contributed by atoms with Crippen molar-refractivity contribution < 1.29 is 14.4 Å². The maximum Gasteiger partial charge on any atom is 0.325 e. The zero-order valence-electron chi connectivity index (χ0n) is 10.9. The summed E-state index contributed by atoms with van der Waals surface area (Å²) in [6, 6.07) is 3.24. The second-order valence-electron chi connectivity index (χ2n) is 5.02. The maximum absolute atomic E-state index is 11.9. The summed E-state index contributed by atoms with van der Waals surface area (Å²) < 4.78 is 0. The molecule has 0 atom stereocenters. The van der Waals surface area contributed by atoms with Gasteiger partial charge in [0.05, 0.1) is 4.88 Å². The van der Waals surface area contributed by atoms with Gasteiger partial charge in [-0.1, -0.05) is 6.07 Å². The number of ketones is 1. The van der Waals surface area contributed by atoms with Gasteiger partial charge >= 0.3 is 6.03 Å². The van der Waals surface area contributed by atoms with Crippen LogP contribution < -0.4 is 5.32 Å². The third-order valence-electron chi connectivity index (χ3n) is 3.03. The Morgan fingerprint density at radius 1 is 1.42 bits per heavy atom. The third-order valence-corrected chi connectivity index (χ3v) is 3.94. The van der Waals surface area contributed by atoms with Crippen LogP contribution in [0.5, 0.6) is 0 Å². The summed E-state index contributed by atoms with van der Waals surface area (Å²) in [5.41, 5.74) is -0.838. The highest BCUT2D eigenvalue weighted by Crippen LogP contribution is 2.18. The molecule has 19 heavy (non-hydrogen) atoms. The van der Waals surface area contributed by atoms with Crippen molar-refractivity contribution in [3.8, 4) is 0 Å². The minimum absolute atomic E-state index is 0.0568. The van der Waals surface area contributed by atoms with E-state index in [-0.39, 0.29) is 24.3 Å². The Kier molecular flexibility index (Phi) is 3.71. The maximum atomic E-state index is 11.9. The van der Waals surface area contributed by atoms with Crippen molar-refractivity contribution in [2.24, 2.45) is 0 Å². The van der Waals surface area contributed by atoms with E-state index in [9.17, 15) is 14.4 Å². The number of amides is 3. The minimum Gasteiger partial charge on any atom is -0.324 e. The molecule has 0 spiro atoms. The first-order valence-corrected chi connectivity index (χ1v) is 7.00. The fraction of sp³-hybridized carbons (Fsp3) is 0.462. The van der Waals surface area contributed by atoms with Gasteiger partial charge in [0.25, 0.3) is 5.91 Å². The summed E-state index contributed by atoms with van der Waals surface area (Å²) >= 11 is 1.41. The lowest BCUT2D eigenvalue weighted by molar-refractivity contribution is -0.130. The Hall–Kier alpha value is -1.69. The molecule has 3 amide bonds. The van der Waals surface area contributed by atoms with Gasteiger partial charge in [0.15, 0.2) is 5.78 Å². The lowest BCUT2D eigenvalue weighted by Gasteiger charge is -2.15. The fourth-order valence-electron chi connectivity index (χ4n) is 1.98. The summed E-state index contributed by atoms with van der Waals surface area (Å²) in [4.78, 5) is 37.2. The van der Waals surface area contributed by atoms with Gasteiger partial charge in [0, 0.05) is 13.0 Å². The standard InChI is InChI=1S/C13H16N2O3S/c1-13(2)11(17)15(12(18)14-13)7-3-5-9(16)10-6-4-8-19-10/h4,6,8H,3,5,7H2,1-2H3,(H,14,18). The molecule has 0 unspecified atom stereocenters. The molecule has 1 fully saturated rings. The molecule has 1 N–H and O–H groups in total. The summed E-state index contributed by atoms with van der Waals surface area (Å²) in [5, 5.41) is 4.47. The average molecular weight is 280 g/mol. The number of thiophene rings is 1. The van der Waals surface area contributed by atoms with Crippen LogP contribution in [0.1, 0.15) is 36.4 Å². The zero-order valence-corrected chi connectivity index (χ0v) is 11.8. The molecule has 1 saturated heterocycles. The van der Waals surface area contributed by atoms with Crippen LogP contribution in [-0.2, 0) is 4.79 Å². The first-order valence-electron chi connectivity index (χ1n) is 6.12. The van der Waals surface area contributed by atoms with Crippen LogP contribution in [0.15, 0.2) is 17.5 Å². The largest absolute Gasteiger partial charge is 0.325 e. The summed E-state index contributed by atoms with van der Waals surface area (Å²) in [7, 11) is 0. The van der Waals surface area contributed by atoms with E-state index in [0.29, 0.717) is 12.8 Å². The minimum atomic E-state index is -0.838. The van der Waals surface area contributed by atoms with Gasteiger partial charge in [0.1, 0.15) is 5.54 Å². The van der Waals surface area contributed by atoms with Crippen molar-refractivity contribution in [3.05, 3.63) is 22.4 Å². The molecule has 1 aromatic rings. The van der Waals surface area contributed by atoms with Gasteiger partial charge in [-0.15, -0.1) is 11.3 Å². The molecule has 102 valence electrons. The topological polar surface area (TPSA) is 66.5 Å². The summed E-state index contributed by atoms with van der Waals surface area (Å²) in [6.07, 6.45) is 0.837. The second-order valence-corrected chi connectivity index (χ2v) is 5.96. The number of hydrogen-bond donors (Lipinski definition) is 1. The third kappa shape index (κ3) is 2.84. The number of Topliss-reactive ketones (excluding diaryl/α,β-unsaturated/α-hetero) is 1. The summed E-state index contributed by atoms with van der Waals surface area (Å²) in [5.74, 6) is -0.178. The molecular weight excluding hydrogens is 264 g/mol. The van der Waals surface area contributed by atoms with Gasteiger partial charge in [-0.05, 0) is 31.7 Å². The molecule has 1 aromatic heterocycles. The molecule has 0 aliphatic carbocycles. The molecule has 2 heterocycles. The van der Waals surface area contributed by atoms with E-state index < -0.39 is 5.54 Å². The fourth-order valence-corrected chi connectivity index (χ4v) is 2.67. The smallest absolute Gasteiger partial charge is 0.324 e. The first-order chi connectivity index (χ1) is 8.92. The predicted molar refractivity (Wildman–Crippen MR) is 72.2 cm³/mol. The van der Waals surface area contributed by atoms with E-state index >= 15 is 0 Å². The van der Waals surface area contributed by atoms with E-state index in [1.807, 2.05) is 11.4 Å². The molecule has 5 nitrogen and oxygen atoms in total. The number of hydrogen-bond acceptors (Lipinski definition) is 4. The first kappa shape index (κ1) is 13.7. The number of nitrogens with one attached hydrogen (secondary N) is 1. The van der Waals surface area contributed by atoms with Crippen molar-refractivity contribution in [3.63, 3.8) is 0 Å². The molecule has 0 radical (unpaired) electrons.